The highest BCUT2D eigenvalue weighted by Crippen LogP contribution is 2.09. The standard InChI is InChI=1S/C15H21FN4O2/c1-2-18-14(21)11-19-4-3-5-20(7-6-19)15(22)12-8-13(16)10-17-9-12/h8-10H,2-7,11H2,1H3,(H,18,21). The van der Waals surface area contributed by atoms with Gasteiger partial charge in [0.15, 0.2) is 0 Å². The van der Waals surface area contributed by atoms with E-state index in [0.29, 0.717) is 32.7 Å². The number of hydrogen-bond acceptors (Lipinski definition) is 4. The van der Waals surface area contributed by atoms with Gasteiger partial charge in [-0.1, -0.05) is 0 Å². The number of carbonyl (C=O) groups is 2. The van der Waals surface area contributed by atoms with E-state index in [1.165, 1.54) is 12.3 Å². The number of nitrogens with zero attached hydrogens (tertiary/aromatic N) is 3. The van der Waals surface area contributed by atoms with Gasteiger partial charge in [0.25, 0.3) is 5.91 Å². The first-order valence-electron chi connectivity index (χ1n) is 7.49. The van der Waals surface area contributed by atoms with Crippen molar-refractivity contribution < 1.29 is 14.0 Å². The van der Waals surface area contributed by atoms with Crippen molar-refractivity contribution in [2.45, 2.75) is 13.3 Å². The fraction of sp³-hybridized carbons (Fsp3) is 0.533. The third-order valence-electron chi connectivity index (χ3n) is 3.57. The van der Waals surface area contributed by atoms with E-state index >= 15 is 0 Å². The van der Waals surface area contributed by atoms with Crippen LogP contribution in [0.5, 0.6) is 0 Å². The average molecular weight is 308 g/mol. The Kier molecular flexibility index (Phi) is 5.83. The smallest absolute Gasteiger partial charge is 0.255 e. The molecule has 1 aromatic heterocycles. The third kappa shape index (κ3) is 4.49. The number of pyridine rings is 1. The normalized spacial score (nSPS) is 16.2. The summed E-state index contributed by atoms with van der Waals surface area (Å²) in [5.74, 6) is -0.734. The molecule has 1 N–H and O–H groups in total. The van der Waals surface area contributed by atoms with Crippen LogP contribution in [0.15, 0.2) is 18.5 Å². The molecule has 0 saturated carbocycles. The molecule has 1 aromatic rings. The number of nitrogens with one attached hydrogen (secondary N) is 1. The lowest BCUT2D eigenvalue weighted by Crippen LogP contribution is -2.40. The molecule has 2 rings (SSSR count). The van der Waals surface area contributed by atoms with Gasteiger partial charge < -0.3 is 10.2 Å². The molecule has 0 unspecified atom stereocenters. The first kappa shape index (κ1) is 16.4. The Hall–Kier alpha value is -2.02. The van der Waals surface area contributed by atoms with Crippen LogP contribution in [0.1, 0.15) is 23.7 Å². The van der Waals surface area contributed by atoms with Gasteiger partial charge in [0.1, 0.15) is 5.82 Å². The maximum Gasteiger partial charge on any atom is 0.255 e. The summed E-state index contributed by atoms with van der Waals surface area (Å²) in [5.41, 5.74) is 0.261. The lowest BCUT2D eigenvalue weighted by molar-refractivity contribution is -0.122. The summed E-state index contributed by atoms with van der Waals surface area (Å²) in [6.45, 7) is 5.36. The molecule has 6 nitrogen and oxygen atoms in total. The number of rotatable bonds is 4. The van der Waals surface area contributed by atoms with Gasteiger partial charge in [0.05, 0.1) is 18.3 Å². The summed E-state index contributed by atoms with van der Waals surface area (Å²) >= 11 is 0. The van der Waals surface area contributed by atoms with E-state index in [1.54, 1.807) is 4.90 Å². The molecule has 0 atom stereocenters. The van der Waals surface area contributed by atoms with Crippen LogP contribution in [0.4, 0.5) is 4.39 Å². The molecule has 0 aliphatic carbocycles. The van der Waals surface area contributed by atoms with Crippen LogP contribution in [0.2, 0.25) is 0 Å². The van der Waals surface area contributed by atoms with E-state index in [2.05, 4.69) is 10.3 Å². The second-order valence-corrected chi connectivity index (χ2v) is 5.27. The summed E-state index contributed by atoms with van der Waals surface area (Å²) in [6.07, 6.45) is 3.24. The Morgan fingerprint density at radius 1 is 1.27 bits per heavy atom. The van der Waals surface area contributed by atoms with Crippen molar-refractivity contribution in [1.29, 1.82) is 0 Å². The second-order valence-electron chi connectivity index (χ2n) is 5.27. The van der Waals surface area contributed by atoms with Gasteiger partial charge in [-0.2, -0.15) is 0 Å². The van der Waals surface area contributed by atoms with Gasteiger partial charge in [-0.05, 0) is 19.4 Å². The van der Waals surface area contributed by atoms with Gasteiger partial charge in [-0.3, -0.25) is 19.5 Å². The molecule has 0 aromatic carbocycles. The summed E-state index contributed by atoms with van der Waals surface area (Å²) in [6, 6.07) is 1.20. The molecular formula is C15H21FN4O2. The summed E-state index contributed by atoms with van der Waals surface area (Å²) < 4.78 is 13.2. The van der Waals surface area contributed by atoms with Crippen LogP contribution in [0.3, 0.4) is 0 Å². The molecule has 120 valence electrons. The molecule has 0 radical (unpaired) electrons. The van der Waals surface area contributed by atoms with Crippen LogP contribution < -0.4 is 5.32 Å². The first-order valence-corrected chi connectivity index (χ1v) is 7.49. The molecule has 2 amide bonds. The van der Waals surface area contributed by atoms with Gasteiger partial charge in [-0.15, -0.1) is 0 Å². The number of aromatic nitrogens is 1. The Labute approximate surface area is 129 Å². The van der Waals surface area contributed by atoms with Gasteiger partial charge >= 0.3 is 0 Å². The SMILES string of the molecule is CCNC(=O)CN1CCCN(C(=O)c2cncc(F)c2)CC1. The van der Waals surface area contributed by atoms with Crippen molar-refractivity contribution in [1.82, 2.24) is 20.1 Å². The lowest BCUT2D eigenvalue weighted by atomic mass is 10.2. The fourth-order valence-corrected chi connectivity index (χ4v) is 2.50. The molecule has 1 fully saturated rings. The molecule has 2 heterocycles. The Balaban J connectivity index is 1.92. The second kappa shape index (κ2) is 7.84. The van der Waals surface area contributed by atoms with Crippen molar-refractivity contribution in [2.75, 3.05) is 39.3 Å². The van der Waals surface area contributed by atoms with Gasteiger partial charge in [0, 0.05) is 38.9 Å². The monoisotopic (exact) mass is 308 g/mol. The Bertz CT molecular complexity index is 538. The minimum Gasteiger partial charge on any atom is -0.355 e. The molecule has 1 aliphatic rings. The van der Waals surface area contributed by atoms with Crippen molar-refractivity contribution >= 4 is 11.8 Å². The van der Waals surface area contributed by atoms with E-state index in [0.717, 1.165) is 19.2 Å². The van der Waals surface area contributed by atoms with Crippen molar-refractivity contribution in [2.24, 2.45) is 0 Å². The number of amides is 2. The van der Waals surface area contributed by atoms with Gasteiger partial charge in [-0.25, -0.2) is 4.39 Å². The van der Waals surface area contributed by atoms with E-state index in [1.807, 2.05) is 11.8 Å². The summed E-state index contributed by atoms with van der Waals surface area (Å²) in [5, 5.41) is 2.77. The predicted octanol–water partition coefficient (Wildman–Crippen LogP) is 0.505. The Morgan fingerprint density at radius 2 is 2.09 bits per heavy atom. The van der Waals surface area contributed by atoms with Crippen LogP contribution in [0.25, 0.3) is 0 Å². The number of carbonyl (C=O) groups excluding carboxylic acids is 2. The molecule has 0 spiro atoms. The molecule has 0 bridgehead atoms. The van der Waals surface area contributed by atoms with Crippen LogP contribution >= 0.6 is 0 Å². The maximum absolute atomic E-state index is 13.2. The lowest BCUT2D eigenvalue weighted by Gasteiger charge is -2.21. The first-order chi connectivity index (χ1) is 10.6. The zero-order valence-electron chi connectivity index (χ0n) is 12.7. The number of likely N-dealkylation sites (N-methyl/N-ethyl adjacent to an activating group) is 1. The third-order valence-corrected chi connectivity index (χ3v) is 3.57. The largest absolute Gasteiger partial charge is 0.355 e. The van der Waals surface area contributed by atoms with Crippen molar-refractivity contribution in [3.63, 3.8) is 0 Å². The maximum atomic E-state index is 13.2. The average Bonchev–Trinajstić information content (AvgIpc) is 2.72. The molecular weight excluding hydrogens is 287 g/mol. The van der Waals surface area contributed by atoms with Crippen LogP contribution in [-0.4, -0.2) is 65.9 Å². The molecule has 22 heavy (non-hydrogen) atoms. The highest BCUT2D eigenvalue weighted by molar-refractivity contribution is 5.93. The van der Waals surface area contributed by atoms with Crippen LogP contribution in [-0.2, 0) is 4.79 Å². The molecule has 1 aliphatic heterocycles. The van der Waals surface area contributed by atoms with E-state index in [4.69, 9.17) is 0 Å². The predicted molar refractivity (Wildman–Crippen MR) is 79.8 cm³/mol. The highest BCUT2D eigenvalue weighted by Gasteiger charge is 2.21. The quantitative estimate of drug-likeness (QED) is 0.880. The minimum absolute atomic E-state index is 0.00314. The van der Waals surface area contributed by atoms with Crippen molar-refractivity contribution in [3.05, 3.63) is 29.8 Å². The molecule has 1 saturated heterocycles. The summed E-state index contributed by atoms with van der Waals surface area (Å²) in [7, 11) is 0. The van der Waals surface area contributed by atoms with E-state index in [9.17, 15) is 14.0 Å². The number of halogens is 1. The summed E-state index contributed by atoms with van der Waals surface area (Å²) in [4.78, 5) is 31.4. The van der Waals surface area contributed by atoms with E-state index < -0.39 is 5.82 Å². The zero-order chi connectivity index (χ0) is 15.9. The Morgan fingerprint density at radius 3 is 2.82 bits per heavy atom. The van der Waals surface area contributed by atoms with E-state index in [-0.39, 0.29) is 17.4 Å². The fourth-order valence-electron chi connectivity index (χ4n) is 2.50. The van der Waals surface area contributed by atoms with Gasteiger partial charge in [0.2, 0.25) is 5.91 Å². The minimum atomic E-state index is -0.515. The molecule has 7 heteroatoms. The highest BCUT2D eigenvalue weighted by atomic mass is 19.1. The topological polar surface area (TPSA) is 65.5 Å². The van der Waals surface area contributed by atoms with Crippen LogP contribution in [0, 0.1) is 5.82 Å². The zero-order valence-corrected chi connectivity index (χ0v) is 12.7. The number of hydrogen-bond donors (Lipinski definition) is 1. The van der Waals surface area contributed by atoms with Crippen molar-refractivity contribution in [3.8, 4) is 0 Å².